The Hall–Kier alpha value is -4.24. The number of carboxylic acid groups (broad SMARTS) is 4. The Bertz CT molecular complexity index is 1370. The van der Waals surface area contributed by atoms with Crippen LogP contribution in [0.5, 0.6) is 5.75 Å². The Kier molecular flexibility index (Phi) is 8.45. The first-order valence-electron chi connectivity index (χ1n) is 11.8. The lowest BCUT2D eigenvalue weighted by atomic mass is 9.96. The molecule has 2 aromatic rings. The lowest BCUT2D eigenvalue weighted by Gasteiger charge is -2.37. The van der Waals surface area contributed by atoms with Crippen LogP contribution in [-0.2, 0) is 14.4 Å². The van der Waals surface area contributed by atoms with Crippen LogP contribution in [-0.4, -0.2) is 104 Å². The predicted octanol–water partition coefficient (Wildman–Crippen LogP) is 0.296. The van der Waals surface area contributed by atoms with Gasteiger partial charge in [-0.05, 0) is 20.0 Å². The number of aliphatic carboxylic acids is 3. The minimum Gasteiger partial charge on any atom is -0.487 e. The highest BCUT2D eigenvalue weighted by Crippen LogP contribution is 2.42. The zero-order valence-corrected chi connectivity index (χ0v) is 21.1. The summed E-state index contributed by atoms with van der Waals surface area (Å²) in [5, 5.41) is 43.2. The molecule has 2 aliphatic heterocycles. The minimum atomic E-state index is -2.74. The van der Waals surface area contributed by atoms with Gasteiger partial charge in [-0.25, -0.2) is 14.0 Å². The summed E-state index contributed by atoms with van der Waals surface area (Å²) in [6, 6.07) is 0.994. The number of aliphatic hydroxyl groups is 1. The van der Waals surface area contributed by atoms with Crippen molar-refractivity contribution in [3.63, 3.8) is 0 Å². The van der Waals surface area contributed by atoms with Crippen LogP contribution in [0, 0.1) is 5.82 Å². The fourth-order valence-corrected chi connectivity index (χ4v) is 4.40. The van der Waals surface area contributed by atoms with Crippen LogP contribution < -0.4 is 15.1 Å². The summed E-state index contributed by atoms with van der Waals surface area (Å²) in [5.74, 6) is -6.56. The lowest BCUT2D eigenvalue weighted by Crippen LogP contribution is -2.45. The van der Waals surface area contributed by atoms with Crippen LogP contribution in [0.1, 0.15) is 36.2 Å². The highest BCUT2D eigenvalue weighted by Gasteiger charge is 2.40. The van der Waals surface area contributed by atoms with Crippen LogP contribution in [0.2, 0.25) is 0 Å². The number of ether oxygens (including phenoxy) is 1. The average molecular weight is 553 g/mol. The van der Waals surface area contributed by atoms with Crippen molar-refractivity contribution in [2.75, 3.05) is 44.7 Å². The zero-order chi connectivity index (χ0) is 29.2. The molecule has 1 fully saturated rings. The van der Waals surface area contributed by atoms with E-state index in [0.717, 1.165) is 19.2 Å². The predicted molar refractivity (Wildman–Crippen MR) is 132 cm³/mol. The van der Waals surface area contributed by atoms with Gasteiger partial charge in [0.15, 0.2) is 17.2 Å². The van der Waals surface area contributed by atoms with Gasteiger partial charge < -0.3 is 44.6 Å². The normalized spacial score (nSPS) is 17.1. The molecule has 2 aliphatic rings. The minimum absolute atomic E-state index is 0.0434. The second-order valence-electron chi connectivity index (χ2n) is 9.44. The Labute approximate surface area is 220 Å². The number of pyridine rings is 1. The highest BCUT2D eigenvalue weighted by atomic mass is 19.1. The number of rotatable bonds is 7. The number of aromatic carboxylic acids is 1. The summed E-state index contributed by atoms with van der Waals surface area (Å²) in [5.41, 5.74) is -2.96. The van der Waals surface area contributed by atoms with Gasteiger partial charge in [-0.1, -0.05) is 0 Å². The summed E-state index contributed by atoms with van der Waals surface area (Å²) in [4.78, 5) is 58.6. The van der Waals surface area contributed by atoms with E-state index in [4.69, 9.17) is 25.2 Å². The van der Waals surface area contributed by atoms with Crippen LogP contribution in [0.4, 0.5) is 10.1 Å². The largest absolute Gasteiger partial charge is 0.487 e. The van der Waals surface area contributed by atoms with Crippen molar-refractivity contribution in [1.82, 2.24) is 9.47 Å². The molecule has 14 nitrogen and oxygen atoms in total. The maximum Gasteiger partial charge on any atom is 0.341 e. The zero-order valence-electron chi connectivity index (χ0n) is 21.1. The number of anilines is 1. The quantitative estimate of drug-likeness (QED) is 0.313. The fraction of sp³-hybridized carbons (Fsp3) is 0.458. The van der Waals surface area contributed by atoms with Gasteiger partial charge in [0.05, 0.1) is 29.8 Å². The second-order valence-corrected chi connectivity index (χ2v) is 9.44. The summed E-state index contributed by atoms with van der Waals surface area (Å²) in [7, 11) is 2.02. The van der Waals surface area contributed by atoms with Gasteiger partial charge >= 0.3 is 23.9 Å². The molecule has 39 heavy (non-hydrogen) atoms. The molecule has 4 rings (SSSR count). The van der Waals surface area contributed by atoms with Gasteiger partial charge in [0.25, 0.3) is 0 Å². The topological polar surface area (TPSA) is 207 Å². The van der Waals surface area contributed by atoms with E-state index in [1.54, 1.807) is 4.57 Å². The number of nitrogens with zero attached hydrogens (tertiary/aromatic N) is 3. The molecule has 0 unspecified atom stereocenters. The number of likely N-dealkylation sites (N-methyl/N-ethyl adjacent to an activating group) is 1. The maximum atomic E-state index is 15.0. The third kappa shape index (κ3) is 6.09. The molecule has 0 radical (unpaired) electrons. The smallest absolute Gasteiger partial charge is 0.341 e. The first-order valence-corrected chi connectivity index (χ1v) is 11.8. The molecule has 15 heteroatoms. The maximum absolute atomic E-state index is 15.0. The third-order valence-electron chi connectivity index (χ3n) is 6.48. The summed E-state index contributed by atoms with van der Waals surface area (Å²) in [6.07, 6.45) is -0.946. The third-order valence-corrected chi connectivity index (χ3v) is 6.48. The molecule has 0 saturated carbocycles. The van der Waals surface area contributed by atoms with Gasteiger partial charge in [0, 0.05) is 32.4 Å². The van der Waals surface area contributed by atoms with E-state index in [1.165, 1.54) is 6.20 Å². The van der Waals surface area contributed by atoms with Crippen LogP contribution in [0.25, 0.3) is 10.9 Å². The van der Waals surface area contributed by atoms with E-state index >= 15 is 0 Å². The van der Waals surface area contributed by atoms with Gasteiger partial charge in [-0.3, -0.25) is 14.4 Å². The van der Waals surface area contributed by atoms with Gasteiger partial charge in [0.2, 0.25) is 5.43 Å². The molecule has 1 aromatic carbocycles. The monoisotopic (exact) mass is 553 g/mol. The van der Waals surface area contributed by atoms with Crippen LogP contribution >= 0.6 is 0 Å². The van der Waals surface area contributed by atoms with Gasteiger partial charge in [-0.15, -0.1) is 0 Å². The van der Waals surface area contributed by atoms with E-state index < -0.39 is 53.6 Å². The Morgan fingerprint density at radius 2 is 1.62 bits per heavy atom. The van der Waals surface area contributed by atoms with E-state index in [-0.39, 0.29) is 23.6 Å². The molecule has 1 saturated heterocycles. The molecule has 5 N–H and O–H groups in total. The molecule has 212 valence electrons. The average Bonchev–Trinajstić information content (AvgIpc) is 2.82. The molecule has 0 amide bonds. The standard InChI is InChI=1S/C18H20FN3O4.C6H8O7/c1-10-9-26-17-14-11(16(23)12(18(24)25)8-22(10)14)7-13(19)15(17)21-5-3-20(2)4-6-21;7-3(8)1-6(13,5(11)12)2-4(9)10/h7-8,10H,3-6,9H2,1-2H3,(H,24,25);13H,1-2H2,(H,7,8)(H,9,10)(H,11,12)/t10-;/m0./s1. The van der Waals surface area contributed by atoms with Crippen molar-refractivity contribution in [3.8, 4) is 5.75 Å². The Balaban J connectivity index is 0.000000276. The van der Waals surface area contributed by atoms with Crippen LogP contribution in [0.15, 0.2) is 17.1 Å². The van der Waals surface area contributed by atoms with Crippen molar-refractivity contribution in [1.29, 1.82) is 0 Å². The number of hydrogen-bond acceptors (Lipinski definition) is 9. The first kappa shape index (κ1) is 29.3. The Morgan fingerprint density at radius 1 is 1.05 bits per heavy atom. The van der Waals surface area contributed by atoms with Crippen molar-refractivity contribution >= 4 is 40.5 Å². The molecule has 1 aromatic heterocycles. The van der Waals surface area contributed by atoms with E-state index in [1.807, 2.05) is 18.9 Å². The summed E-state index contributed by atoms with van der Waals surface area (Å²) >= 11 is 0. The molecule has 0 aliphatic carbocycles. The van der Waals surface area contributed by atoms with E-state index in [0.29, 0.717) is 30.0 Å². The van der Waals surface area contributed by atoms with E-state index in [2.05, 4.69) is 4.90 Å². The van der Waals surface area contributed by atoms with Crippen LogP contribution in [0.3, 0.4) is 0 Å². The number of benzene rings is 1. The first-order chi connectivity index (χ1) is 18.2. The van der Waals surface area contributed by atoms with Crippen molar-refractivity contribution in [2.45, 2.75) is 31.4 Å². The number of piperazine rings is 1. The highest BCUT2D eigenvalue weighted by molar-refractivity contribution is 5.97. The molecular formula is C24H28FN3O11. The number of halogens is 1. The van der Waals surface area contributed by atoms with Crippen molar-refractivity contribution < 1.29 is 53.8 Å². The molecule has 1 atom stereocenters. The number of carbonyl (C=O) groups is 4. The molecule has 0 bridgehead atoms. The molecule has 3 heterocycles. The SMILES string of the molecule is C[C@H]1COc2c(N3CCN(C)CC3)c(F)cc3c(=O)c(C(=O)O)cn1c23.O=C(O)CC(O)(CC(=O)O)C(=O)O. The van der Waals surface area contributed by atoms with Gasteiger partial charge in [-0.2, -0.15) is 0 Å². The molecule has 0 spiro atoms. The fourth-order valence-electron chi connectivity index (χ4n) is 4.40. The van der Waals surface area contributed by atoms with Crippen molar-refractivity contribution in [3.05, 3.63) is 33.9 Å². The number of carboxylic acids is 4. The Morgan fingerprint density at radius 3 is 2.10 bits per heavy atom. The van der Waals surface area contributed by atoms with Gasteiger partial charge in [0.1, 0.15) is 17.9 Å². The summed E-state index contributed by atoms with van der Waals surface area (Å²) < 4.78 is 22.6. The number of aromatic nitrogens is 1. The molecular weight excluding hydrogens is 525 g/mol. The van der Waals surface area contributed by atoms with E-state index in [9.17, 15) is 33.5 Å². The second kappa shape index (κ2) is 11.2. The summed E-state index contributed by atoms with van der Waals surface area (Å²) in [6.45, 7) is 5.08. The van der Waals surface area contributed by atoms with Crippen molar-refractivity contribution in [2.24, 2.45) is 0 Å². The lowest BCUT2D eigenvalue weighted by molar-refractivity contribution is -0.170. The number of hydrogen-bond donors (Lipinski definition) is 5.